The predicted molar refractivity (Wildman–Crippen MR) is 71.4 cm³/mol. The van der Waals surface area contributed by atoms with Gasteiger partial charge in [-0.05, 0) is 18.8 Å². The minimum atomic E-state index is 0.332. The third-order valence-electron chi connectivity index (χ3n) is 3.16. The average Bonchev–Trinajstić information content (AvgIpc) is 2.56. The van der Waals surface area contributed by atoms with Crippen LogP contribution in [-0.4, -0.2) is 14.9 Å². The van der Waals surface area contributed by atoms with E-state index >= 15 is 0 Å². The van der Waals surface area contributed by atoms with E-state index in [-0.39, 0.29) is 0 Å². The minimum absolute atomic E-state index is 0.332. The van der Waals surface area contributed by atoms with E-state index in [1.165, 1.54) is 0 Å². The fourth-order valence-electron chi connectivity index (χ4n) is 2.01. The van der Waals surface area contributed by atoms with Crippen molar-refractivity contribution in [1.29, 1.82) is 0 Å². The monoisotopic (exact) mass is 238 g/mol. The maximum Gasteiger partial charge on any atom is 0.160 e. The van der Waals surface area contributed by atoms with Gasteiger partial charge < -0.3 is 5.11 Å². The molecule has 1 atom stereocenters. The Bertz CT molecular complexity index is 355. The van der Waals surface area contributed by atoms with E-state index in [4.69, 9.17) is 0 Å². The van der Waals surface area contributed by atoms with E-state index in [0.717, 1.165) is 37.2 Å². The van der Waals surface area contributed by atoms with Crippen LogP contribution in [0.25, 0.3) is 0 Å². The third kappa shape index (κ3) is 3.24. The first kappa shape index (κ1) is 14.1. The first-order chi connectivity index (χ1) is 8.01. The lowest BCUT2D eigenvalue weighted by Gasteiger charge is -2.08. The maximum absolute atomic E-state index is 10.3. The second-order valence-corrected chi connectivity index (χ2v) is 5.32. The molecule has 0 aliphatic carbocycles. The van der Waals surface area contributed by atoms with Crippen molar-refractivity contribution in [1.82, 2.24) is 9.78 Å². The molecule has 0 aromatic carbocycles. The average molecular weight is 238 g/mol. The largest absolute Gasteiger partial charge is 0.504 e. The molecular formula is C14H26N2O. The van der Waals surface area contributed by atoms with E-state index in [0.29, 0.717) is 17.6 Å². The van der Waals surface area contributed by atoms with Crippen molar-refractivity contribution in [2.75, 3.05) is 0 Å². The fraction of sp³-hybridized carbons (Fsp3) is 0.786. The van der Waals surface area contributed by atoms with Gasteiger partial charge in [0.1, 0.15) is 5.69 Å². The molecule has 0 spiro atoms. The van der Waals surface area contributed by atoms with Gasteiger partial charge >= 0.3 is 0 Å². The topological polar surface area (TPSA) is 38.1 Å². The number of hydrogen-bond acceptors (Lipinski definition) is 2. The Kier molecular flexibility index (Phi) is 5.03. The van der Waals surface area contributed by atoms with Crippen LogP contribution in [0.5, 0.6) is 5.75 Å². The summed E-state index contributed by atoms with van der Waals surface area (Å²) >= 11 is 0. The van der Waals surface area contributed by atoms with Gasteiger partial charge in [-0.15, -0.1) is 0 Å². The van der Waals surface area contributed by atoms with Crippen LogP contribution >= 0.6 is 0 Å². The molecule has 17 heavy (non-hydrogen) atoms. The summed E-state index contributed by atoms with van der Waals surface area (Å²) < 4.78 is 2.00. The number of nitrogens with zero attached hydrogens (tertiary/aromatic N) is 2. The molecule has 1 heterocycles. The second-order valence-electron chi connectivity index (χ2n) is 5.32. The molecule has 0 radical (unpaired) electrons. The molecule has 1 unspecified atom stereocenters. The van der Waals surface area contributed by atoms with E-state index < -0.39 is 0 Å². The van der Waals surface area contributed by atoms with Crippen LogP contribution in [0.3, 0.4) is 0 Å². The smallest absolute Gasteiger partial charge is 0.160 e. The Hall–Kier alpha value is -0.990. The molecule has 1 aromatic heterocycles. The van der Waals surface area contributed by atoms with Gasteiger partial charge in [-0.1, -0.05) is 41.0 Å². The first-order valence-electron chi connectivity index (χ1n) is 6.79. The van der Waals surface area contributed by atoms with Gasteiger partial charge in [-0.25, -0.2) is 0 Å². The molecule has 0 amide bonds. The van der Waals surface area contributed by atoms with Gasteiger partial charge in [0.2, 0.25) is 0 Å². The summed E-state index contributed by atoms with van der Waals surface area (Å²) in [5, 5.41) is 14.9. The van der Waals surface area contributed by atoms with Gasteiger partial charge in [-0.2, -0.15) is 5.10 Å². The van der Waals surface area contributed by atoms with Crippen molar-refractivity contribution in [3.05, 3.63) is 11.4 Å². The quantitative estimate of drug-likeness (QED) is 0.820. The summed E-state index contributed by atoms with van der Waals surface area (Å²) in [6, 6.07) is 0. The van der Waals surface area contributed by atoms with Crippen molar-refractivity contribution in [2.24, 2.45) is 5.92 Å². The Labute approximate surface area is 105 Å². The lowest BCUT2D eigenvalue weighted by molar-refractivity contribution is 0.442. The zero-order valence-corrected chi connectivity index (χ0v) is 11.8. The second kappa shape index (κ2) is 6.08. The predicted octanol–water partition coefficient (Wildman–Crippen LogP) is 3.71. The van der Waals surface area contributed by atoms with Crippen LogP contribution < -0.4 is 0 Å². The molecule has 0 aliphatic heterocycles. The van der Waals surface area contributed by atoms with E-state index in [9.17, 15) is 5.11 Å². The van der Waals surface area contributed by atoms with Gasteiger partial charge in [-0.3, -0.25) is 4.68 Å². The highest BCUT2D eigenvalue weighted by Gasteiger charge is 2.20. The molecule has 0 saturated heterocycles. The molecule has 0 aliphatic rings. The van der Waals surface area contributed by atoms with Crippen molar-refractivity contribution in [3.8, 4) is 5.75 Å². The van der Waals surface area contributed by atoms with Crippen LogP contribution in [-0.2, 0) is 13.0 Å². The summed E-state index contributed by atoms with van der Waals surface area (Å²) in [6.45, 7) is 11.6. The molecule has 1 rings (SSSR count). The SMILES string of the molecule is CCCc1c(O)c(C(C)CC)nn1CC(C)C. The molecule has 1 aromatic rings. The zero-order chi connectivity index (χ0) is 13.0. The summed E-state index contributed by atoms with van der Waals surface area (Å²) in [4.78, 5) is 0. The molecule has 98 valence electrons. The molecule has 1 N–H and O–H groups in total. The Morgan fingerprint density at radius 3 is 2.35 bits per heavy atom. The molecule has 3 nitrogen and oxygen atoms in total. The number of hydrogen-bond donors (Lipinski definition) is 1. The van der Waals surface area contributed by atoms with Crippen molar-refractivity contribution in [3.63, 3.8) is 0 Å². The van der Waals surface area contributed by atoms with Gasteiger partial charge in [0.05, 0.1) is 5.69 Å². The number of aromatic nitrogens is 2. The summed E-state index contributed by atoms with van der Waals surface area (Å²) in [5.74, 6) is 1.32. The zero-order valence-electron chi connectivity index (χ0n) is 11.8. The molecule has 0 saturated carbocycles. The van der Waals surface area contributed by atoms with E-state index in [1.807, 2.05) is 4.68 Å². The Morgan fingerprint density at radius 1 is 1.24 bits per heavy atom. The molecule has 0 fully saturated rings. The summed E-state index contributed by atoms with van der Waals surface area (Å²) in [6.07, 6.45) is 2.96. The Morgan fingerprint density at radius 2 is 1.88 bits per heavy atom. The first-order valence-corrected chi connectivity index (χ1v) is 6.79. The van der Waals surface area contributed by atoms with Gasteiger partial charge in [0.15, 0.2) is 5.75 Å². The number of aromatic hydroxyl groups is 1. The number of rotatable bonds is 6. The minimum Gasteiger partial charge on any atom is -0.504 e. The van der Waals surface area contributed by atoms with Crippen molar-refractivity contribution < 1.29 is 5.11 Å². The fourth-order valence-corrected chi connectivity index (χ4v) is 2.01. The third-order valence-corrected chi connectivity index (χ3v) is 3.16. The molecular weight excluding hydrogens is 212 g/mol. The summed E-state index contributed by atoms with van der Waals surface area (Å²) in [7, 11) is 0. The molecule has 3 heteroatoms. The van der Waals surface area contributed by atoms with Crippen molar-refractivity contribution in [2.45, 2.75) is 66.3 Å². The molecule has 0 bridgehead atoms. The van der Waals surface area contributed by atoms with E-state index in [2.05, 4.69) is 39.7 Å². The van der Waals surface area contributed by atoms with Crippen LogP contribution in [0.2, 0.25) is 0 Å². The van der Waals surface area contributed by atoms with Crippen LogP contribution in [0.1, 0.15) is 64.8 Å². The lowest BCUT2D eigenvalue weighted by Crippen LogP contribution is -2.10. The van der Waals surface area contributed by atoms with Crippen LogP contribution in [0, 0.1) is 5.92 Å². The highest BCUT2D eigenvalue weighted by molar-refractivity contribution is 5.34. The van der Waals surface area contributed by atoms with Crippen molar-refractivity contribution >= 4 is 0 Å². The van der Waals surface area contributed by atoms with Gasteiger partial charge in [0.25, 0.3) is 0 Å². The Balaban J connectivity index is 3.09. The lowest BCUT2D eigenvalue weighted by atomic mass is 10.0. The van der Waals surface area contributed by atoms with Gasteiger partial charge in [0, 0.05) is 12.5 Å². The van der Waals surface area contributed by atoms with Crippen LogP contribution in [0.15, 0.2) is 0 Å². The highest BCUT2D eigenvalue weighted by atomic mass is 16.3. The van der Waals surface area contributed by atoms with Crippen LogP contribution in [0.4, 0.5) is 0 Å². The van der Waals surface area contributed by atoms with E-state index in [1.54, 1.807) is 0 Å². The normalized spacial score (nSPS) is 13.3. The maximum atomic E-state index is 10.3. The highest BCUT2D eigenvalue weighted by Crippen LogP contribution is 2.31. The standard InChI is InChI=1S/C14H26N2O/c1-6-8-12-14(17)13(11(5)7-2)15-16(12)9-10(3)4/h10-11,17H,6-9H2,1-5H3. The summed E-state index contributed by atoms with van der Waals surface area (Å²) in [5.41, 5.74) is 1.88.